The first kappa shape index (κ1) is 21.6. The molecule has 0 bridgehead atoms. The first-order chi connectivity index (χ1) is 10.2. The highest BCUT2D eigenvalue weighted by Crippen LogP contribution is 2.36. The summed E-state index contributed by atoms with van der Waals surface area (Å²) in [6.07, 6.45) is 2.22. The van der Waals surface area contributed by atoms with Crippen molar-refractivity contribution in [1.29, 1.82) is 0 Å². The van der Waals surface area contributed by atoms with Gasteiger partial charge in [0, 0.05) is 6.61 Å². The third-order valence-electron chi connectivity index (χ3n) is 3.78. The van der Waals surface area contributed by atoms with E-state index in [0.29, 0.717) is 26.4 Å². The number of carbonyl (C=O) groups is 1. The predicted octanol–water partition coefficient (Wildman–Crippen LogP) is 3.38. The maximum Gasteiger partial charge on any atom is 0.318 e. The number of ether oxygens (including phenoxy) is 3. The lowest BCUT2D eigenvalue weighted by Crippen LogP contribution is -2.43. The van der Waals surface area contributed by atoms with Gasteiger partial charge in [0.1, 0.15) is 6.61 Å². The Labute approximate surface area is 136 Å². The van der Waals surface area contributed by atoms with Crippen molar-refractivity contribution in [3.8, 4) is 0 Å². The van der Waals surface area contributed by atoms with Crippen molar-refractivity contribution in [2.45, 2.75) is 58.7 Å². The van der Waals surface area contributed by atoms with E-state index in [4.69, 9.17) is 18.6 Å². The minimum Gasteiger partial charge on any atom is -0.517 e. The van der Waals surface area contributed by atoms with Crippen LogP contribution in [0, 0.1) is 0 Å². The number of rotatable bonds is 12. The summed E-state index contributed by atoms with van der Waals surface area (Å²) in [5, 5.41) is 0.0174. The summed E-state index contributed by atoms with van der Waals surface area (Å²) < 4.78 is 21.6. The predicted molar refractivity (Wildman–Crippen MR) is 90.7 cm³/mol. The molecule has 0 aliphatic rings. The Morgan fingerprint density at radius 1 is 0.909 bits per heavy atom. The summed E-state index contributed by atoms with van der Waals surface area (Å²) in [6, 6.07) is 0. The highest BCUT2D eigenvalue weighted by molar-refractivity contribution is 6.75. The summed E-state index contributed by atoms with van der Waals surface area (Å²) >= 11 is 0. The summed E-state index contributed by atoms with van der Waals surface area (Å²) in [5.74, 6) is -0.283. The molecule has 0 atom stereocenters. The smallest absolute Gasteiger partial charge is 0.318 e. The van der Waals surface area contributed by atoms with E-state index in [1.165, 1.54) is 0 Å². The highest BCUT2D eigenvalue weighted by Gasteiger charge is 2.40. The Morgan fingerprint density at radius 2 is 1.41 bits per heavy atom. The average molecular weight is 335 g/mol. The van der Waals surface area contributed by atoms with Crippen LogP contribution in [0.1, 0.15) is 40.5 Å². The molecule has 0 aliphatic heterocycles. The number of unbranched alkanes of at least 4 members (excludes halogenated alkanes) is 1. The molecule has 0 aromatic heterocycles. The van der Waals surface area contributed by atoms with Gasteiger partial charge in [-0.05, 0) is 24.6 Å². The molecule has 0 saturated heterocycles. The Balaban J connectivity index is 3.54. The zero-order chi connectivity index (χ0) is 17.1. The summed E-state index contributed by atoms with van der Waals surface area (Å²) in [6.45, 7) is 15.3. The molecular weight excluding hydrogens is 300 g/mol. The Morgan fingerprint density at radius 3 is 1.91 bits per heavy atom. The Hall–Kier alpha value is -0.433. The fraction of sp³-hybridized carbons (Fsp3) is 0.938. The normalized spacial score (nSPS) is 12.5. The van der Waals surface area contributed by atoms with Crippen LogP contribution in [0.2, 0.25) is 18.1 Å². The molecule has 5 nitrogen and oxygen atoms in total. The largest absolute Gasteiger partial charge is 0.517 e. The molecule has 0 aliphatic carbocycles. The van der Waals surface area contributed by atoms with E-state index in [9.17, 15) is 4.79 Å². The third-order valence-corrected chi connectivity index (χ3v) is 8.13. The molecule has 22 heavy (non-hydrogen) atoms. The van der Waals surface area contributed by atoms with Crippen LogP contribution >= 0.6 is 0 Å². The topological polar surface area (TPSA) is 54.0 Å². The first-order valence-corrected chi connectivity index (χ1v) is 11.1. The van der Waals surface area contributed by atoms with Crippen LogP contribution in [0.4, 0.5) is 0 Å². The van der Waals surface area contributed by atoms with Gasteiger partial charge in [0.2, 0.25) is 0 Å². The molecular formula is C16H34O5Si. The van der Waals surface area contributed by atoms with Crippen molar-refractivity contribution >= 4 is 14.3 Å². The second-order valence-electron chi connectivity index (χ2n) is 6.87. The van der Waals surface area contributed by atoms with Crippen molar-refractivity contribution in [2.24, 2.45) is 0 Å². The molecule has 0 N–H and O–H groups in total. The zero-order valence-electron chi connectivity index (χ0n) is 15.2. The van der Waals surface area contributed by atoms with Crippen LogP contribution in [-0.4, -0.2) is 53.9 Å². The maximum absolute atomic E-state index is 11.8. The van der Waals surface area contributed by atoms with Crippen molar-refractivity contribution in [3.05, 3.63) is 0 Å². The van der Waals surface area contributed by atoms with Gasteiger partial charge in [-0.2, -0.15) is 0 Å². The van der Waals surface area contributed by atoms with Crippen molar-refractivity contribution in [3.63, 3.8) is 0 Å². The van der Waals surface area contributed by atoms with Crippen LogP contribution in [0.3, 0.4) is 0 Å². The van der Waals surface area contributed by atoms with Gasteiger partial charge < -0.3 is 18.6 Å². The minimum absolute atomic E-state index is 0.0110. The quantitative estimate of drug-likeness (QED) is 0.404. The summed E-state index contributed by atoms with van der Waals surface area (Å²) in [4.78, 5) is 11.8. The van der Waals surface area contributed by atoms with Crippen LogP contribution < -0.4 is 0 Å². The van der Waals surface area contributed by atoms with E-state index in [-0.39, 0.29) is 17.6 Å². The Kier molecular flexibility index (Phi) is 10.9. The molecule has 0 aromatic carbocycles. The summed E-state index contributed by atoms with van der Waals surface area (Å²) in [7, 11) is -2.04. The van der Waals surface area contributed by atoms with E-state index >= 15 is 0 Å². The molecule has 132 valence electrons. The fourth-order valence-corrected chi connectivity index (χ4v) is 2.24. The maximum atomic E-state index is 11.8. The lowest BCUT2D eigenvalue weighted by molar-refractivity contribution is -0.141. The van der Waals surface area contributed by atoms with Gasteiger partial charge >= 0.3 is 5.97 Å². The Bertz CT molecular complexity index is 299. The lowest BCUT2D eigenvalue weighted by atomic mass is 10.2. The molecule has 0 saturated carbocycles. The SMILES string of the molecule is CCCCOCCOCCOCC(=O)O[Si](C)(C)C(C)(C)C. The number of hydrogen-bond acceptors (Lipinski definition) is 5. The van der Waals surface area contributed by atoms with Gasteiger partial charge in [-0.1, -0.05) is 34.1 Å². The van der Waals surface area contributed by atoms with Crippen LogP contribution in [0.25, 0.3) is 0 Å². The summed E-state index contributed by atoms with van der Waals surface area (Å²) in [5.41, 5.74) is 0. The van der Waals surface area contributed by atoms with Crippen molar-refractivity contribution < 1.29 is 23.4 Å². The monoisotopic (exact) mass is 334 g/mol. The lowest BCUT2D eigenvalue weighted by Gasteiger charge is -2.35. The van der Waals surface area contributed by atoms with Gasteiger partial charge in [-0.3, -0.25) is 4.79 Å². The van der Waals surface area contributed by atoms with E-state index in [1.54, 1.807) is 0 Å². The van der Waals surface area contributed by atoms with Crippen LogP contribution in [0.15, 0.2) is 0 Å². The standard InChI is InChI=1S/C16H34O5Si/c1-7-8-9-18-10-11-19-12-13-20-14-15(17)21-22(5,6)16(2,3)4/h7-14H2,1-6H3. The van der Waals surface area contributed by atoms with E-state index in [2.05, 4.69) is 27.7 Å². The van der Waals surface area contributed by atoms with E-state index in [1.807, 2.05) is 13.1 Å². The number of carbonyl (C=O) groups excluding carboxylic acids is 1. The van der Waals surface area contributed by atoms with Crippen molar-refractivity contribution in [2.75, 3.05) is 39.6 Å². The molecule has 0 amide bonds. The fourth-order valence-electron chi connectivity index (χ4n) is 1.31. The molecule has 0 rings (SSSR count). The third kappa shape index (κ3) is 10.3. The second kappa shape index (κ2) is 11.2. The van der Waals surface area contributed by atoms with Gasteiger partial charge in [0.05, 0.1) is 26.4 Å². The molecule has 0 heterocycles. The first-order valence-electron chi connectivity index (χ1n) is 8.16. The molecule has 0 radical (unpaired) electrons. The van der Waals surface area contributed by atoms with Gasteiger partial charge in [0.25, 0.3) is 8.32 Å². The molecule has 6 heteroatoms. The molecule has 0 fully saturated rings. The highest BCUT2D eigenvalue weighted by atomic mass is 28.4. The second-order valence-corrected chi connectivity index (χ2v) is 11.6. The van der Waals surface area contributed by atoms with Gasteiger partial charge in [0.15, 0.2) is 0 Å². The molecule has 0 aromatic rings. The van der Waals surface area contributed by atoms with Gasteiger partial charge in [-0.25, -0.2) is 0 Å². The van der Waals surface area contributed by atoms with E-state index in [0.717, 1.165) is 19.4 Å². The zero-order valence-corrected chi connectivity index (χ0v) is 16.2. The number of hydrogen-bond donors (Lipinski definition) is 0. The molecule has 0 spiro atoms. The van der Waals surface area contributed by atoms with Crippen LogP contribution in [-0.2, 0) is 23.4 Å². The minimum atomic E-state index is -2.04. The van der Waals surface area contributed by atoms with Crippen molar-refractivity contribution in [1.82, 2.24) is 0 Å². The molecule has 0 unspecified atom stereocenters. The van der Waals surface area contributed by atoms with Gasteiger partial charge in [-0.15, -0.1) is 0 Å². The van der Waals surface area contributed by atoms with E-state index < -0.39 is 8.32 Å². The van der Waals surface area contributed by atoms with Crippen LogP contribution in [0.5, 0.6) is 0 Å². The average Bonchev–Trinajstić information content (AvgIpc) is 2.39.